The van der Waals surface area contributed by atoms with Gasteiger partial charge >= 0.3 is 24.3 Å². The van der Waals surface area contributed by atoms with Gasteiger partial charge in [0.15, 0.2) is 0 Å². The molecule has 0 unspecified atom stereocenters. The fourth-order valence-corrected chi connectivity index (χ4v) is 7.05. The molecule has 4 nitrogen and oxygen atoms in total. The van der Waals surface area contributed by atoms with Crippen LogP contribution in [-0.4, -0.2) is 25.2 Å². The normalized spacial score (nSPS) is 12.1. The maximum Gasteiger partial charge on any atom is 0.418 e. The van der Waals surface area contributed by atoms with Crippen molar-refractivity contribution in [1.29, 1.82) is 0 Å². The summed E-state index contributed by atoms with van der Waals surface area (Å²) in [6, 6.07) is 16.9. The maximum absolute atomic E-state index is 15.1. The predicted octanol–water partition coefficient (Wildman–Crippen LogP) is 11.9. The monoisotopic (exact) mass is 826 g/mol. The molecule has 0 atom stereocenters. The summed E-state index contributed by atoms with van der Waals surface area (Å²) < 4.78 is 101. The van der Waals surface area contributed by atoms with E-state index in [1.807, 2.05) is 0 Å². The van der Waals surface area contributed by atoms with Crippen LogP contribution in [0.15, 0.2) is 104 Å². The standard InChI is InChI=1S/C36H26Br2F6O4S/c1-3-47-29(45)19-15-21-13-17-27(33(35(39,40)41)31(21)23-9-5-7-11-25(23)37)49-28-18-14-22(16-20-30(46)48-4-2)32(34(28)36(42,43)44)24-10-6-8-12-26(24)38/h5-20H,3-4H2,1-2H3. The van der Waals surface area contributed by atoms with Gasteiger partial charge in [0.2, 0.25) is 0 Å². The molecule has 0 saturated heterocycles. The van der Waals surface area contributed by atoms with Crippen LogP contribution in [-0.2, 0) is 31.4 Å². The van der Waals surface area contributed by atoms with Crippen LogP contribution in [0.5, 0.6) is 0 Å². The second-order valence-electron chi connectivity index (χ2n) is 10.0. The van der Waals surface area contributed by atoms with E-state index >= 15 is 26.3 Å². The van der Waals surface area contributed by atoms with Gasteiger partial charge in [-0.2, -0.15) is 26.3 Å². The van der Waals surface area contributed by atoms with Gasteiger partial charge in [0.1, 0.15) is 0 Å². The van der Waals surface area contributed by atoms with Gasteiger partial charge in [0, 0.05) is 42.0 Å². The van der Waals surface area contributed by atoms with Crippen LogP contribution in [0.3, 0.4) is 0 Å². The number of hydrogen-bond donors (Lipinski definition) is 0. The van der Waals surface area contributed by atoms with E-state index in [0.29, 0.717) is 20.7 Å². The minimum Gasteiger partial charge on any atom is -0.463 e. The van der Waals surface area contributed by atoms with Crippen LogP contribution in [0, 0.1) is 0 Å². The third-order valence-electron chi connectivity index (χ3n) is 6.84. The zero-order valence-electron chi connectivity index (χ0n) is 25.7. The summed E-state index contributed by atoms with van der Waals surface area (Å²) in [6.45, 7) is 3.24. The summed E-state index contributed by atoms with van der Waals surface area (Å²) in [5, 5.41) is 0. The lowest BCUT2D eigenvalue weighted by molar-refractivity contribution is -0.139. The van der Waals surface area contributed by atoms with Gasteiger partial charge in [0.05, 0.1) is 24.3 Å². The molecule has 0 aliphatic heterocycles. The molecule has 0 saturated carbocycles. The van der Waals surface area contributed by atoms with Crippen molar-refractivity contribution in [1.82, 2.24) is 0 Å². The highest BCUT2D eigenvalue weighted by Crippen LogP contribution is 2.52. The molecule has 0 aromatic heterocycles. The van der Waals surface area contributed by atoms with Crippen LogP contribution < -0.4 is 0 Å². The Morgan fingerprint density at radius 1 is 0.633 bits per heavy atom. The molecule has 4 rings (SSSR count). The SMILES string of the molecule is CCOC(=O)C=Cc1ccc(Sc2ccc(C=CC(=O)OCC)c(-c3ccccc3Br)c2C(F)(F)F)c(C(F)(F)F)c1-c1ccccc1Br. The van der Waals surface area contributed by atoms with Gasteiger partial charge in [-0.15, -0.1) is 0 Å². The van der Waals surface area contributed by atoms with Gasteiger partial charge in [0.25, 0.3) is 0 Å². The van der Waals surface area contributed by atoms with Crippen molar-refractivity contribution in [3.05, 3.63) is 116 Å². The summed E-state index contributed by atoms with van der Waals surface area (Å²) in [4.78, 5) is 23.1. The van der Waals surface area contributed by atoms with E-state index in [1.165, 1.54) is 60.7 Å². The van der Waals surface area contributed by atoms with Crippen molar-refractivity contribution in [2.75, 3.05) is 13.2 Å². The largest absolute Gasteiger partial charge is 0.463 e. The Labute approximate surface area is 299 Å². The lowest BCUT2D eigenvalue weighted by atomic mass is 9.93. The quantitative estimate of drug-likeness (QED) is 0.0905. The van der Waals surface area contributed by atoms with E-state index < -0.39 is 45.2 Å². The zero-order valence-corrected chi connectivity index (χ0v) is 29.7. The smallest absolute Gasteiger partial charge is 0.418 e. The van der Waals surface area contributed by atoms with Crippen molar-refractivity contribution in [2.45, 2.75) is 36.0 Å². The molecule has 4 aromatic rings. The Morgan fingerprint density at radius 3 is 1.33 bits per heavy atom. The van der Waals surface area contributed by atoms with Gasteiger partial charge in [-0.3, -0.25) is 0 Å². The molecule has 0 bridgehead atoms. The summed E-state index contributed by atoms with van der Waals surface area (Å²) in [5.74, 6) is -1.56. The highest BCUT2D eigenvalue weighted by Gasteiger charge is 2.41. The van der Waals surface area contributed by atoms with E-state index in [0.717, 1.165) is 24.3 Å². The number of carbonyl (C=O) groups excluding carboxylic acids is 2. The lowest BCUT2D eigenvalue weighted by Crippen LogP contribution is -2.13. The Kier molecular flexibility index (Phi) is 12.6. The van der Waals surface area contributed by atoms with Gasteiger partial charge in [-0.05, 0) is 72.5 Å². The minimum atomic E-state index is -5.05. The number of halogens is 8. The van der Waals surface area contributed by atoms with Gasteiger partial charge in [-0.25, -0.2) is 9.59 Å². The summed E-state index contributed by atoms with van der Waals surface area (Å²) in [5.41, 5.74) is -2.91. The number of ether oxygens (including phenoxy) is 2. The summed E-state index contributed by atoms with van der Waals surface area (Å²) >= 11 is 6.91. The third kappa shape index (κ3) is 9.25. The first-order valence-corrected chi connectivity index (χ1v) is 16.9. The Hall–Kier alpha value is -3.81. The maximum atomic E-state index is 15.1. The first-order chi connectivity index (χ1) is 23.2. The molecule has 0 radical (unpaired) electrons. The number of rotatable bonds is 10. The van der Waals surface area contributed by atoms with Crippen LogP contribution in [0.2, 0.25) is 0 Å². The van der Waals surface area contributed by atoms with Crippen molar-refractivity contribution >= 4 is 67.7 Å². The van der Waals surface area contributed by atoms with Crippen molar-refractivity contribution in [3.63, 3.8) is 0 Å². The predicted molar refractivity (Wildman–Crippen MR) is 185 cm³/mol. The van der Waals surface area contributed by atoms with Crippen LogP contribution in [0.25, 0.3) is 34.4 Å². The highest BCUT2D eigenvalue weighted by molar-refractivity contribution is 9.11. The first kappa shape index (κ1) is 38.0. The molecule has 0 heterocycles. The average molecular weight is 828 g/mol. The van der Waals surface area contributed by atoms with Gasteiger partial charge in [-0.1, -0.05) is 92.2 Å². The van der Waals surface area contributed by atoms with Gasteiger partial charge < -0.3 is 9.47 Å². The van der Waals surface area contributed by atoms with Crippen molar-refractivity contribution in [2.24, 2.45) is 0 Å². The van der Waals surface area contributed by atoms with E-state index in [1.54, 1.807) is 26.0 Å². The Morgan fingerprint density at radius 2 is 1.00 bits per heavy atom. The molecule has 49 heavy (non-hydrogen) atoms. The summed E-state index contributed by atoms with van der Waals surface area (Å²) in [6.07, 6.45) is -5.78. The number of esters is 2. The molecule has 0 fully saturated rings. The van der Waals surface area contributed by atoms with E-state index in [4.69, 9.17) is 9.47 Å². The topological polar surface area (TPSA) is 52.6 Å². The van der Waals surface area contributed by atoms with Crippen LogP contribution in [0.1, 0.15) is 36.1 Å². The molecule has 0 aliphatic carbocycles. The fraction of sp³-hybridized carbons (Fsp3) is 0.167. The lowest BCUT2D eigenvalue weighted by Gasteiger charge is -2.23. The highest BCUT2D eigenvalue weighted by atomic mass is 79.9. The van der Waals surface area contributed by atoms with E-state index in [-0.39, 0.29) is 46.6 Å². The minimum absolute atomic E-state index is 0.0129. The second kappa shape index (κ2) is 16.3. The van der Waals surface area contributed by atoms with E-state index in [9.17, 15) is 9.59 Å². The molecule has 0 spiro atoms. The second-order valence-corrected chi connectivity index (χ2v) is 12.8. The summed E-state index contributed by atoms with van der Waals surface area (Å²) in [7, 11) is 0. The number of hydrogen-bond acceptors (Lipinski definition) is 5. The Balaban J connectivity index is 2.05. The van der Waals surface area contributed by atoms with Crippen LogP contribution in [0.4, 0.5) is 26.3 Å². The molecule has 0 amide bonds. The fourth-order valence-electron chi connectivity index (χ4n) is 4.93. The first-order valence-electron chi connectivity index (χ1n) is 14.5. The number of alkyl halides is 6. The molecular weight excluding hydrogens is 802 g/mol. The molecule has 4 aromatic carbocycles. The van der Waals surface area contributed by atoms with E-state index in [2.05, 4.69) is 31.9 Å². The molecule has 13 heteroatoms. The van der Waals surface area contributed by atoms with Crippen molar-refractivity contribution < 1.29 is 45.4 Å². The Bertz CT molecular complexity index is 1780. The average Bonchev–Trinajstić information content (AvgIpc) is 3.03. The molecular formula is C36H26Br2F6O4S. The molecule has 0 N–H and O–H groups in total. The van der Waals surface area contributed by atoms with Crippen molar-refractivity contribution in [3.8, 4) is 22.3 Å². The number of benzene rings is 4. The zero-order chi connectivity index (χ0) is 35.9. The molecule has 0 aliphatic rings. The third-order valence-corrected chi connectivity index (χ3v) is 9.35. The van der Waals surface area contributed by atoms with Crippen LogP contribution >= 0.6 is 43.6 Å². The number of carbonyl (C=O) groups is 2. The molecule has 256 valence electrons.